The van der Waals surface area contributed by atoms with Crippen LogP contribution in [0.25, 0.3) is 0 Å². The maximum Gasteiger partial charge on any atom is 0.469 e. The molecular weight excluding hydrogens is 723 g/mol. The summed E-state index contributed by atoms with van der Waals surface area (Å²) in [5, 5.41) is 20.6. The Bertz CT molecular complexity index is 1230. The van der Waals surface area contributed by atoms with Crippen LogP contribution in [0.3, 0.4) is 0 Å². The number of unbranched alkanes of at least 4 members (excludes halogenated alkanes) is 10. The van der Waals surface area contributed by atoms with Crippen LogP contribution in [-0.4, -0.2) is 69.2 Å². The molecule has 55 heavy (non-hydrogen) atoms. The van der Waals surface area contributed by atoms with E-state index in [1.165, 1.54) is 38.5 Å². The number of ketones is 1. The molecule has 0 unspecified atom stereocenters. The van der Waals surface area contributed by atoms with E-state index in [0.29, 0.717) is 38.5 Å². The first-order valence-electron chi connectivity index (χ1n) is 20.7. The second-order valence-electron chi connectivity index (χ2n) is 14.4. The van der Waals surface area contributed by atoms with Gasteiger partial charge in [-0.3, -0.25) is 18.9 Å². The Balaban J connectivity index is 2.35. The summed E-state index contributed by atoms with van der Waals surface area (Å²) in [5.41, 5.74) is 0. The second-order valence-corrected chi connectivity index (χ2v) is 15.6. The summed E-state index contributed by atoms with van der Waals surface area (Å²) in [4.78, 5) is 55.4. The summed E-state index contributed by atoms with van der Waals surface area (Å²) in [6, 6.07) is 0. The highest BCUT2D eigenvalue weighted by Crippen LogP contribution is 2.36. The molecule has 0 saturated heterocycles. The summed E-state index contributed by atoms with van der Waals surface area (Å²) >= 11 is 0. The van der Waals surface area contributed by atoms with Crippen molar-refractivity contribution in [2.24, 2.45) is 11.8 Å². The number of esters is 2. The van der Waals surface area contributed by atoms with Crippen molar-refractivity contribution in [2.45, 2.75) is 167 Å². The Kier molecular flexibility index (Phi) is 29.7. The van der Waals surface area contributed by atoms with Gasteiger partial charge in [0.2, 0.25) is 0 Å². The van der Waals surface area contributed by atoms with Crippen molar-refractivity contribution in [1.29, 1.82) is 0 Å². The van der Waals surface area contributed by atoms with Gasteiger partial charge < -0.3 is 29.5 Å². The van der Waals surface area contributed by atoms with Gasteiger partial charge in [-0.15, -0.1) is 0 Å². The van der Waals surface area contributed by atoms with E-state index < -0.39 is 57.2 Å². The molecular formula is C43H71O11P. The predicted octanol–water partition coefficient (Wildman–Crippen LogP) is 9.10. The van der Waals surface area contributed by atoms with Gasteiger partial charge in [-0.05, 0) is 64.2 Å². The van der Waals surface area contributed by atoms with Gasteiger partial charge in [-0.25, -0.2) is 4.57 Å². The van der Waals surface area contributed by atoms with Gasteiger partial charge in [0.25, 0.3) is 0 Å². The lowest BCUT2D eigenvalue weighted by molar-refractivity contribution is -0.161. The third kappa shape index (κ3) is 28.4. The molecule has 0 heterocycles. The lowest BCUT2D eigenvalue weighted by Crippen LogP contribution is -2.29. The van der Waals surface area contributed by atoms with Crippen molar-refractivity contribution in [1.82, 2.24) is 0 Å². The van der Waals surface area contributed by atoms with Crippen molar-refractivity contribution < 1.29 is 52.9 Å². The molecule has 11 nitrogen and oxygen atoms in total. The molecule has 4 N–H and O–H groups in total. The Labute approximate surface area is 330 Å². The minimum absolute atomic E-state index is 0.00793. The quantitative estimate of drug-likeness (QED) is 0.0216. The molecule has 314 valence electrons. The van der Waals surface area contributed by atoms with Gasteiger partial charge in [0.1, 0.15) is 12.4 Å². The Morgan fingerprint density at radius 2 is 1.33 bits per heavy atom. The van der Waals surface area contributed by atoms with Crippen LogP contribution < -0.4 is 0 Å². The zero-order chi connectivity index (χ0) is 40.6. The van der Waals surface area contributed by atoms with E-state index >= 15 is 0 Å². The van der Waals surface area contributed by atoms with Crippen LogP contribution in [0, 0.1) is 11.8 Å². The number of Topliss-reactive ketones (excluding diaryl/α,β-unsaturated/α-hetero) is 1. The van der Waals surface area contributed by atoms with Crippen LogP contribution in [-0.2, 0) is 32.9 Å². The number of ether oxygens (including phenoxy) is 2. The number of phosphoric ester groups is 1. The van der Waals surface area contributed by atoms with Gasteiger partial charge >= 0.3 is 19.8 Å². The highest BCUT2D eigenvalue weighted by Gasteiger charge is 2.39. The molecule has 1 rings (SSSR count). The topological polar surface area (TPSA) is 177 Å². The molecule has 0 aliphatic heterocycles. The number of aliphatic hydroxyl groups is 2. The number of aliphatic hydroxyl groups excluding tert-OH is 2. The zero-order valence-corrected chi connectivity index (χ0v) is 34.4. The fourth-order valence-corrected chi connectivity index (χ4v) is 6.55. The number of phosphoric acid groups is 1. The molecule has 0 spiro atoms. The van der Waals surface area contributed by atoms with E-state index in [1.54, 1.807) is 12.2 Å². The summed E-state index contributed by atoms with van der Waals surface area (Å²) in [7, 11) is -4.84. The van der Waals surface area contributed by atoms with Crippen molar-refractivity contribution in [2.75, 3.05) is 13.2 Å². The van der Waals surface area contributed by atoms with Gasteiger partial charge in [0.05, 0.1) is 18.8 Å². The van der Waals surface area contributed by atoms with E-state index in [-0.39, 0.29) is 31.0 Å². The summed E-state index contributed by atoms with van der Waals surface area (Å²) in [5.74, 6) is -1.93. The lowest BCUT2D eigenvalue weighted by Gasteiger charge is -2.18. The van der Waals surface area contributed by atoms with Crippen LogP contribution in [0.15, 0.2) is 60.8 Å². The zero-order valence-electron chi connectivity index (χ0n) is 33.5. The Hall–Kier alpha value is -2.66. The first kappa shape index (κ1) is 50.4. The molecule has 1 saturated carbocycles. The predicted molar refractivity (Wildman–Crippen MR) is 217 cm³/mol. The molecule has 1 aliphatic rings. The highest BCUT2D eigenvalue weighted by molar-refractivity contribution is 7.46. The second kappa shape index (κ2) is 32.4. The van der Waals surface area contributed by atoms with Crippen molar-refractivity contribution in [3.05, 3.63) is 60.8 Å². The molecule has 0 amide bonds. The first-order chi connectivity index (χ1) is 26.5. The normalized spacial score (nSPS) is 19.2. The number of allylic oxidation sites excluding steroid dienone is 9. The van der Waals surface area contributed by atoms with Gasteiger partial charge in [0, 0.05) is 31.1 Å². The number of rotatable bonds is 33. The molecule has 12 heteroatoms. The number of hydrogen-bond donors (Lipinski definition) is 4. The number of hydrogen-bond acceptors (Lipinski definition) is 9. The molecule has 0 bridgehead atoms. The molecule has 0 aromatic carbocycles. The molecule has 5 atom stereocenters. The summed E-state index contributed by atoms with van der Waals surface area (Å²) < 4.78 is 26.3. The fraction of sp³-hybridized carbons (Fsp3) is 0.698. The van der Waals surface area contributed by atoms with Crippen molar-refractivity contribution in [3.8, 4) is 0 Å². The Morgan fingerprint density at radius 3 is 1.98 bits per heavy atom. The fourth-order valence-electron chi connectivity index (χ4n) is 6.19. The lowest BCUT2D eigenvalue weighted by atomic mass is 9.90. The van der Waals surface area contributed by atoms with E-state index in [1.807, 2.05) is 24.3 Å². The van der Waals surface area contributed by atoms with Gasteiger partial charge in [0.15, 0.2) is 6.10 Å². The third-order valence-electron chi connectivity index (χ3n) is 9.39. The summed E-state index contributed by atoms with van der Waals surface area (Å²) in [6.07, 6.45) is 34.6. The molecule has 1 aliphatic carbocycles. The average molecular weight is 795 g/mol. The molecule has 0 aromatic heterocycles. The van der Waals surface area contributed by atoms with Gasteiger partial charge in [-0.2, -0.15) is 0 Å². The van der Waals surface area contributed by atoms with E-state index in [0.717, 1.165) is 38.5 Å². The number of carbonyl (C=O) groups excluding carboxylic acids is 3. The van der Waals surface area contributed by atoms with E-state index in [2.05, 4.69) is 42.7 Å². The van der Waals surface area contributed by atoms with Crippen LogP contribution in [0.2, 0.25) is 0 Å². The van der Waals surface area contributed by atoms with Crippen LogP contribution >= 0.6 is 7.82 Å². The van der Waals surface area contributed by atoms with Crippen LogP contribution in [0.5, 0.6) is 0 Å². The van der Waals surface area contributed by atoms with E-state index in [4.69, 9.17) is 19.3 Å². The third-order valence-corrected chi connectivity index (χ3v) is 9.87. The maximum absolute atomic E-state index is 12.5. The largest absolute Gasteiger partial charge is 0.469 e. The highest BCUT2D eigenvalue weighted by atomic mass is 31.2. The monoisotopic (exact) mass is 794 g/mol. The van der Waals surface area contributed by atoms with Crippen molar-refractivity contribution >= 4 is 25.5 Å². The molecule has 0 radical (unpaired) electrons. The average Bonchev–Trinajstić information content (AvgIpc) is 3.41. The smallest absolute Gasteiger partial charge is 0.462 e. The number of carbonyl (C=O) groups is 3. The van der Waals surface area contributed by atoms with Crippen LogP contribution in [0.4, 0.5) is 0 Å². The molecule has 0 aromatic rings. The van der Waals surface area contributed by atoms with Crippen molar-refractivity contribution in [3.63, 3.8) is 0 Å². The molecule has 1 fully saturated rings. The minimum atomic E-state index is -4.84. The van der Waals surface area contributed by atoms with Crippen LogP contribution in [0.1, 0.15) is 149 Å². The standard InChI is InChI=1S/C43H71O11P/c1-3-5-7-8-9-10-11-12-13-14-15-16-17-18-19-20-25-29-42(47)52-34-37(35-53-55(49,50)51)54-43(48)30-26-22-21-24-28-38-39(41(46)33-40(38)45)32-31-36(44)27-23-6-4-2/h12-13,15-16,18-19,21,24,31-32,36-40,44-45H,3-11,14,17,20,22-23,25-30,33-35H2,1-2H3,(H2,49,50,51)/b13-12-,16-15-,19-18-,24-21-,32-31+/t36-,37+,38+,39+,40-/m0/s1. The van der Waals surface area contributed by atoms with E-state index in [9.17, 15) is 29.2 Å². The summed E-state index contributed by atoms with van der Waals surface area (Å²) in [6.45, 7) is 3.29. The Morgan fingerprint density at radius 1 is 0.764 bits per heavy atom. The van der Waals surface area contributed by atoms with Gasteiger partial charge in [-0.1, -0.05) is 126 Å². The SMILES string of the molecule is CCCCCCCC/C=C\C/C=C\C/C=C\CCCC(=O)OC[C@H](COP(=O)(O)O)OC(=O)CCC/C=C\C[C@H]1[C@@H](O)CC(=O)[C@@H]1/C=C/[C@@H](O)CCCCC. The first-order valence-corrected chi connectivity index (χ1v) is 22.2. The maximum atomic E-state index is 12.5. The minimum Gasteiger partial charge on any atom is -0.462 e.